The maximum Gasteiger partial charge on any atom is 0.128 e. The molecule has 0 amide bonds. The number of aliphatic imine (C=N–C) groups is 1. The van der Waals surface area contributed by atoms with Gasteiger partial charge in [-0.3, -0.25) is 4.99 Å². The highest BCUT2D eigenvalue weighted by Crippen LogP contribution is 2.46. The molecule has 0 saturated carbocycles. The molecule has 1 aliphatic heterocycles. The molecule has 0 N–H and O–H groups in total. The number of benzene rings is 3. The highest BCUT2D eigenvalue weighted by molar-refractivity contribution is 6.04. The van der Waals surface area contributed by atoms with Gasteiger partial charge in [-0.1, -0.05) is 54.6 Å². The third kappa shape index (κ3) is 3.10. The van der Waals surface area contributed by atoms with E-state index in [-0.39, 0.29) is 12.0 Å². The average Bonchev–Trinajstić information content (AvgIpc) is 2.73. The normalized spacial score (nSPS) is 18.4. The second kappa shape index (κ2) is 7.28. The van der Waals surface area contributed by atoms with Crippen molar-refractivity contribution in [2.45, 2.75) is 18.9 Å². The second-order valence-corrected chi connectivity index (χ2v) is 6.75. The van der Waals surface area contributed by atoms with E-state index in [9.17, 15) is 0 Å². The van der Waals surface area contributed by atoms with Gasteiger partial charge in [0.15, 0.2) is 0 Å². The summed E-state index contributed by atoms with van der Waals surface area (Å²) in [6, 6.07) is 25.0. The quantitative estimate of drug-likeness (QED) is 0.626. The van der Waals surface area contributed by atoms with Gasteiger partial charge >= 0.3 is 0 Å². The van der Waals surface area contributed by atoms with E-state index in [1.165, 1.54) is 16.7 Å². The summed E-state index contributed by atoms with van der Waals surface area (Å²) in [6.07, 6.45) is 0. The van der Waals surface area contributed by atoms with Crippen LogP contribution in [0.2, 0.25) is 0 Å². The molecule has 27 heavy (non-hydrogen) atoms. The lowest BCUT2D eigenvalue weighted by Crippen LogP contribution is -2.21. The van der Waals surface area contributed by atoms with Gasteiger partial charge in [0.2, 0.25) is 0 Å². The predicted molar refractivity (Wildman–Crippen MR) is 109 cm³/mol. The van der Waals surface area contributed by atoms with Crippen LogP contribution in [0.4, 0.5) is 0 Å². The highest BCUT2D eigenvalue weighted by atomic mass is 16.5. The van der Waals surface area contributed by atoms with Crippen LogP contribution in [0.1, 0.15) is 41.1 Å². The van der Waals surface area contributed by atoms with Gasteiger partial charge in [-0.05, 0) is 41.8 Å². The number of hydrogen-bond acceptors (Lipinski definition) is 3. The van der Waals surface area contributed by atoms with Gasteiger partial charge in [-0.15, -0.1) is 0 Å². The molecule has 1 aliphatic rings. The molecule has 0 aromatic heterocycles. The molecule has 0 spiro atoms. The molecule has 4 rings (SSSR count). The first-order chi connectivity index (χ1) is 13.2. The minimum Gasteiger partial charge on any atom is -0.497 e. The van der Waals surface area contributed by atoms with E-state index in [2.05, 4.69) is 55.5 Å². The topological polar surface area (TPSA) is 30.8 Å². The first-order valence-electron chi connectivity index (χ1n) is 9.13. The van der Waals surface area contributed by atoms with Crippen molar-refractivity contribution >= 4 is 5.71 Å². The first kappa shape index (κ1) is 17.3. The molecule has 3 aromatic carbocycles. The van der Waals surface area contributed by atoms with Gasteiger partial charge in [0.05, 0.1) is 20.3 Å². The third-order valence-electron chi connectivity index (χ3n) is 5.22. The van der Waals surface area contributed by atoms with E-state index in [0.717, 1.165) is 22.8 Å². The monoisotopic (exact) mass is 357 g/mol. The lowest BCUT2D eigenvalue weighted by atomic mass is 9.77. The van der Waals surface area contributed by atoms with Gasteiger partial charge in [0.1, 0.15) is 11.5 Å². The highest BCUT2D eigenvalue weighted by Gasteiger charge is 2.33. The van der Waals surface area contributed by atoms with Gasteiger partial charge in [-0.25, -0.2) is 0 Å². The molecule has 3 nitrogen and oxygen atoms in total. The molecular formula is C24H23NO2. The largest absolute Gasteiger partial charge is 0.497 e. The fourth-order valence-electron chi connectivity index (χ4n) is 4.00. The molecule has 0 fully saturated rings. The van der Waals surface area contributed by atoms with Gasteiger partial charge in [0.25, 0.3) is 0 Å². The van der Waals surface area contributed by atoms with Crippen LogP contribution < -0.4 is 9.47 Å². The zero-order valence-electron chi connectivity index (χ0n) is 15.8. The molecule has 2 atom stereocenters. The smallest absolute Gasteiger partial charge is 0.128 e. The van der Waals surface area contributed by atoms with Gasteiger partial charge in [-0.2, -0.15) is 0 Å². The van der Waals surface area contributed by atoms with Crippen molar-refractivity contribution in [2.24, 2.45) is 4.99 Å². The summed E-state index contributed by atoms with van der Waals surface area (Å²) in [4.78, 5) is 5.11. The number of hydrogen-bond donors (Lipinski definition) is 0. The Balaban J connectivity index is 1.95. The molecule has 3 heteroatoms. The van der Waals surface area contributed by atoms with Crippen LogP contribution in [0.3, 0.4) is 0 Å². The Bertz CT molecular complexity index is 979. The number of nitrogens with zero attached hydrogens (tertiary/aromatic N) is 1. The number of rotatable bonds is 4. The van der Waals surface area contributed by atoms with E-state index < -0.39 is 0 Å². The van der Waals surface area contributed by atoms with Crippen LogP contribution in [0.5, 0.6) is 11.5 Å². The zero-order chi connectivity index (χ0) is 18.8. The van der Waals surface area contributed by atoms with Gasteiger partial charge < -0.3 is 9.47 Å². The van der Waals surface area contributed by atoms with Crippen molar-refractivity contribution in [1.82, 2.24) is 0 Å². The van der Waals surface area contributed by atoms with E-state index >= 15 is 0 Å². The molecule has 0 radical (unpaired) electrons. The van der Waals surface area contributed by atoms with Crippen molar-refractivity contribution in [1.29, 1.82) is 0 Å². The van der Waals surface area contributed by atoms with Crippen LogP contribution in [-0.4, -0.2) is 19.9 Å². The fraction of sp³-hybridized carbons (Fsp3) is 0.208. The zero-order valence-corrected chi connectivity index (χ0v) is 15.8. The second-order valence-electron chi connectivity index (χ2n) is 6.75. The minimum atomic E-state index is 0.0120. The number of ether oxygens (including phenoxy) is 2. The van der Waals surface area contributed by atoms with E-state index in [1.807, 2.05) is 24.3 Å². The Hall–Kier alpha value is -3.07. The maximum atomic E-state index is 5.65. The summed E-state index contributed by atoms with van der Waals surface area (Å²) in [5, 5.41) is 0. The molecule has 0 saturated heterocycles. The molecule has 3 aromatic rings. The third-order valence-corrected chi connectivity index (χ3v) is 5.22. The lowest BCUT2D eigenvalue weighted by Gasteiger charge is -2.33. The molecule has 0 aliphatic carbocycles. The predicted octanol–water partition coefficient (Wildman–Crippen LogP) is 5.40. The summed E-state index contributed by atoms with van der Waals surface area (Å²) in [7, 11) is 3.42. The molecule has 136 valence electrons. The summed E-state index contributed by atoms with van der Waals surface area (Å²) < 4.78 is 11.1. The van der Waals surface area contributed by atoms with Crippen molar-refractivity contribution < 1.29 is 9.47 Å². The Labute approximate surface area is 160 Å². The Morgan fingerprint density at radius 2 is 1.52 bits per heavy atom. The number of methoxy groups -OCH3 is 2. The van der Waals surface area contributed by atoms with E-state index in [1.54, 1.807) is 14.2 Å². The molecule has 1 heterocycles. The van der Waals surface area contributed by atoms with Crippen LogP contribution in [0, 0.1) is 0 Å². The van der Waals surface area contributed by atoms with Crippen molar-refractivity contribution in [3.05, 3.63) is 95.1 Å². The number of fused-ring (bicyclic) bond motifs is 1. The molecule has 0 unspecified atom stereocenters. The summed E-state index contributed by atoms with van der Waals surface area (Å²) in [5.74, 6) is 1.82. The standard InChI is InChI=1S/C24H23NO2/c1-16-22-20(13-8-14-21(22)27-3)23(18-11-7-12-19(15-18)26-2)24(25-16)17-9-5-4-6-10-17/h4-15,23-24H,1-3H3/t23-,24+/m1/s1. The summed E-state index contributed by atoms with van der Waals surface area (Å²) in [5.41, 5.74) is 5.74. The van der Waals surface area contributed by atoms with Crippen molar-refractivity contribution in [3.8, 4) is 11.5 Å². The van der Waals surface area contributed by atoms with E-state index in [0.29, 0.717) is 0 Å². The Morgan fingerprint density at radius 1 is 0.778 bits per heavy atom. The van der Waals surface area contributed by atoms with E-state index in [4.69, 9.17) is 14.5 Å². The average molecular weight is 357 g/mol. The fourth-order valence-corrected chi connectivity index (χ4v) is 4.00. The summed E-state index contributed by atoms with van der Waals surface area (Å²) in [6.45, 7) is 2.07. The maximum absolute atomic E-state index is 5.65. The Morgan fingerprint density at radius 3 is 2.26 bits per heavy atom. The first-order valence-corrected chi connectivity index (χ1v) is 9.13. The SMILES string of the molecule is COc1cccc([C@@H]2c3cccc(OC)c3C(C)=N[C@H]2c2ccccc2)c1. The van der Waals surface area contributed by atoms with Crippen molar-refractivity contribution in [2.75, 3.05) is 14.2 Å². The van der Waals surface area contributed by atoms with Crippen molar-refractivity contribution in [3.63, 3.8) is 0 Å². The van der Waals surface area contributed by atoms with Crippen LogP contribution >= 0.6 is 0 Å². The van der Waals surface area contributed by atoms with Crippen LogP contribution in [-0.2, 0) is 0 Å². The van der Waals surface area contributed by atoms with Crippen LogP contribution in [0.25, 0.3) is 0 Å². The Kier molecular flexibility index (Phi) is 4.68. The van der Waals surface area contributed by atoms with Crippen LogP contribution in [0.15, 0.2) is 77.8 Å². The van der Waals surface area contributed by atoms with Gasteiger partial charge in [0, 0.05) is 17.2 Å². The molecule has 0 bridgehead atoms. The molecular weight excluding hydrogens is 334 g/mol. The minimum absolute atomic E-state index is 0.0120. The summed E-state index contributed by atoms with van der Waals surface area (Å²) >= 11 is 0. The lowest BCUT2D eigenvalue weighted by molar-refractivity contribution is 0.411.